The third-order valence-corrected chi connectivity index (χ3v) is 3.47. The fraction of sp³-hybridized carbons (Fsp3) is 0.400. The molecule has 1 heterocycles. The third-order valence-electron chi connectivity index (χ3n) is 3.47. The molecule has 0 aliphatic carbocycles. The molecule has 1 amide bonds. The van der Waals surface area contributed by atoms with E-state index in [0.717, 1.165) is 11.8 Å². The Kier molecular flexibility index (Phi) is 4.25. The summed E-state index contributed by atoms with van der Waals surface area (Å²) in [5, 5.41) is 0. The standard InChI is InChI=1S/C15H17F3N2O/c1-19(2)13-5-3-4-11(10-13)14(21)20-8-6-12(7-9-20)15(16,17)18/h3-6,10H,7-9H2,1-2H3. The van der Waals surface area contributed by atoms with Crippen LogP contribution in [0.3, 0.4) is 0 Å². The van der Waals surface area contributed by atoms with Gasteiger partial charge in [-0.3, -0.25) is 4.79 Å². The van der Waals surface area contributed by atoms with Gasteiger partial charge in [-0.05, 0) is 24.6 Å². The van der Waals surface area contributed by atoms with Crippen molar-refractivity contribution >= 4 is 11.6 Å². The van der Waals surface area contributed by atoms with Crippen LogP contribution in [0, 0.1) is 0 Å². The van der Waals surface area contributed by atoms with Gasteiger partial charge in [-0.1, -0.05) is 12.1 Å². The molecule has 0 saturated carbocycles. The van der Waals surface area contributed by atoms with Crippen molar-refractivity contribution in [2.24, 2.45) is 0 Å². The van der Waals surface area contributed by atoms with Gasteiger partial charge in [0.15, 0.2) is 0 Å². The number of nitrogens with zero attached hydrogens (tertiary/aromatic N) is 2. The Balaban J connectivity index is 2.12. The van der Waals surface area contributed by atoms with Crippen LogP contribution in [0.25, 0.3) is 0 Å². The van der Waals surface area contributed by atoms with E-state index in [1.54, 1.807) is 18.2 Å². The molecule has 0 bridgehead atoms. The predicted octanol–water partition coefficient (Wildman–Crippen LogP) is 3.09. The maximum Gasteiger partial charge on any atom is 0.412 e. The Morgan fingerprint density at radius 1 is 1.29 bits per heavy atom. The molecular weight excluding hydrogens is 281 g/mol. The minimum absolute atomic E-state index is 0.000130. The molecule has 2 rings (SSSR count). The highest BCUT2D eigenvalue weighted by atomic mass is 19.4. The molecule has 3 nitrogen and oxygen atoms in total. The van der Waals surface area contributed by atoms with E-state index in [0.29, 0.717) is 5.56 Å². The van der Waals surface area contributed by atoms with Crippen LogP contribution in [0.2, 0.25) is 0 Å². The molecule has 0 unspecified atom stereocenters. The topological polar surface area (TPSA) is 23.6 Å². The lowest BCUT2D eigenvalue weighted by atomic mass is 10.1. The van der Waals surface area contributed by atoms with E-state index in [2.05, 4.69) is 0 Å². The van der Waals surface area contributed by atoms with Crippen LogP contribution in [0.15, 0.2) is 35.9 Å². The van der Waals surface area contributed by atoms with Gasteiger partial charge in [0, 0.05) is 44.0 Å². The number of hydrogen-bond donors (Lipinski definition) is 0. The van der Waals surface area contributed by atoms with Gasteiger partial charge >= 0.3 is 6.18 Å². The van der Waals surface area contributed by atoms with Crippen LogP contribution >= 0.6 is 0 Å². The number of rotatable bonds is 2. The fourth-order valence-corrected chi connectivity index (χ4v) is 2.21. The van der Waals surface area contributed by atoms with Crippen LogP contribution in [0.5, 0.6) is 0 Å². The molecule has 0 N–H and O–H groups in total. The number of hydrogen-bond acceptors (Lipinski definition) is 2. The Morgan fingerprint density at radius 3 is 2.52 bits per heavy atom. The number of benzene rings is 1. The minimum atomic E-state index is -4.29. The molecule has 6 heteroatoms. The average molecular weight is 298 g/mol. The number of carbonyl (C=O) groups is 1. The maximum atomic E-state index is 12.6. The summed E-state index contributed by atoms with van der Waals surface area (Å²) in [6, 6.07) is 7.06. The molecule has 0 fully saturated rings. The van der Waals surface area contributed by atoms with Crippen LogP contribution in [0.1, 0.15) is 16.8 Å². The van der Waals surface area contributed by atoms with Crippen molar-refractivity contribution in [3.8, 4) is 0 Å². The van der Waals surface area contributed by atoms with Gasteiger partial charge < -0.3 is 9.80 Å². The van der Waals surface area contributed by atoms with Crippen molar-refractivity contribution in [1.29, 1.82) is 0 Å². The van der Waals surface area contributed by atoms with E-state index in [4.69, 9.17) is 0 Å². The fourth-order valence-electron chi connectivity index (χ4n) is 2.21. The summed E-state index contributed by atoms with van der Waals surface area (Å²) in [6.07, 6.45) is -3.35. The SMILES string of the molecule is CN(C)c1cccc(C(=O)N2CC=C(C(F)(F)F)CC2)c1. The highest BCUT2D eigenvalue weighted by Crippen LogP contribution is 2.30. The molecule has 0 aromatic heterocycles. The monoisotopic (exact) mass is 298 g/mol. The summed E-state index contributed by atoms with van der Waals surface area (Å²) < 4.78 is 37.7. The van der Waals surface area contributed by atoms with E-state index in [-0.39, 0.29) is 25.4 Å². The second-order valence-electron chi connectivity index (χ2n) is 5.17. The summed E-state index contributed by atoms with van der Waals surface area (Å²) in [5.74, 6) is -0.240. The lowest BCUT2D eigenvalue weighted by Gasteiger charge is -2.27. The number of alkyl halides is 3. The van der Waals surface area contributed by atoms with Crippen molar-refractivity contribution in [2.45, 2.75) is 12.6 Å². The van der Waals surface area contributed by atoms with E-state index in [1.807, 2.05) is 25.1 Å². The number of amides is 1. The zero-order chi connectivity index (χ0) is 15.6. The van der Waals surface area contributed by atoms with Crippen LogP contribution < -0.4 is 4.90 Å². The molecule has 0 atom stereocenters. The van der Waals surface area contributed by atoms with Crippen molar-refractivity contribution in [2.75, 3.05) is 32.1 Å². The Morgan fingerprint density at radius 2 is 2.00 bits per heavy atom. The number of halogens is 3. The van der Waals surface area contributed by atoms with Gasteiger partial charge in [0.05, 0.1) is 0 Å². The first-order chi connectivity index (χ1) is 9.79. The highest BCUT2D eigenvalue weighted by molar-refractivity contribution is 5.95. The summed E-state index contributed by atoms with van der Waals surface area (Å²) in [7, 11) is 3.73. The van der Waals surface area contributed by atoms with Crippen molar-refractivity contribution in [3.05, 3.63) is 41.5 Å². The summed E-state index contributed by atoms with van der Waals surface area (Å²) >= 11 is 0. The third kappa shape index (κ3) is 3.56. The quantitative estimate of drug-likeness (QED) is 0.783. The van der Waals surface area contributed by atoms with E-state index in [1.165, 1.54) is 4.90 Å². The summed E-state index contributed by atoms with van der Waals surface area (Å²) in [6.45, 7) is 0.0935. The molecular formula is C15H17F3N2O. The van der Waals surface area contributed by atoms with Gasteiger partial charge in [-0.2, -0.15) is 13.2 Å². The number of anilines is 1. The lowest BCUT2D eigenvalue weighted by Crippen LogP contribution is -2.36. The minimum Gasteiger partial charge on any atom is -0.378 e. The van der Waals surface area contributed by atoms with Crippen molar-refractivity contribution in [1.82, 2.24) is 4.90 Å². The van der Waals surface area contributed by atoms with Gasteiger partial charge in [-0.25, -0.2) is 0 Å². The zero-order valence-corrected chi connectivity index (χ0v) is 11.9. The number of carbonyl (C=O) groups excluding carboxylic acids is 1. The summed E-state index contributed by atoms with van der Waals surface area (Å²) in [5.41, 5.74) is 0.822. The molecule has 0 spiro atoms. The highest BCUT2D eigenvalue weighted by Gasteiger charge is 2.35. The first kappa shape index (κ1) is 15.4. The van der Waals surface area contributed by atoms with Gasteiger partial charge in [0.1, 0.15) is 0 Å². The second-order valence-corrected chi connectivity index (χ2v) is 5.17. The Labute approximate surface area is 121 Å². The van der Waals surface area contributed by atoms with E-state index in [9.17, 15) is 18.0 Å². The van der Waals surface area contributed by atoms with Gasteiger partial charge in [0.2, 0.25) is 0 Å². The smallest absolute Gasteiger partial charge is 0.378 e. The largest absolute Gasteiger partial charge is 0.412 e. The van der Waals surface area contributed by atoms with Crippen molar-refractivity contribution < 1.29 is 18.0 Å². The molecule has 114 valence electrons. The van der Waals surface area contributed by atoms with Crippen molar-refractivity contribution in [3.63, 3.8) is 0 Å². The lowest BCUT2D eigenvalue weighted by molar-refractivity contribution is -0.0957. The zero-order valence-electron chi connectivity index (χ0n) is 11.9. The Bertz CT molecular complexity index is 564. The second kappa shape index (κ2) is 5.79. The molecule has 1 aromatic rings. The van der Waals surface area contributed by atoms with Gasteiger partial charge in [-0.15, -0.1) is 0 Å². The molecule has 0 radical (unpaired) electrons. The Hall–Kier alpha value is -1.98. The van der Waals surface area contributed by atoms with E-state index >= 15 is 0 Å². The van der Waals surface area contributed by atoms with Crippen LogP contribution in [-0.2, 0) is 0 Å². The van der Waals surface area contributed by atoms with Crippen LogP contribution in [-0.4, -0.2) is 44.2 Å². The molecule has 21 heavy (non-hydrogen) atoms. The molecule has 1 aliphatic heterocycles. The predicted molar refractivity (Wildman–Crippen MR) is 75.4 cm³/mol. The first-order valence-corrected chi connectivity index (χ1v) is 6.62. The molecule has 0 saturated heterocycles. The van der Waals surface area contributed by atoms with E-state index < -0.39 is 11.7 Å². The molecule has 1 aliphatic rings. The maximum absolute atomic E-state index is 12.6. The molecule has 1 aromatic carbocycles. The van der Waals surface area contributed by atoms with Crippen LogP contribution in [0.4, 0.5) is 18.9 Å². The van der Waals surface area contributed by atoms with Gasteiger partial charge in [0.25, 0.3) is 5.91 Å². The summed E-state index contributed by atoms with van der Waals surface area (Å²) in [4.78, 5) is 15.6. The normalized spacial score (nSPS) is 15.7. The first-order valence-electron chi connectivity index (χ1n) is 6.62. The average Bonchev–Trinajstić information content (AvgIpc) is 2.46.